The number of carbonyl (C=O) groups excluding carboxylic acids is 1. The zero-order chi connectivity index (χ0) is 12.7. The number of hydrogen-bond donors (Lipinski definition) is 2. The Labute approximate surface area is 98.7 Å². The Morgan fingerprint density at radius 2 is 2.35 bits per heavy atom. The van der Waals surface area contributed by atoms with Crippen molar-refractivity contribution in [3.63, 3.8) is 0 Å². The summed E-state index contributed by atoms with van der Waals surface area (Å²) in [5, 5.41) is 11.8. The number of nitrogens with zero attached hydrogens (tertiary/aromatic N) is 1. The summed E-state index contributed by atoms with van der Waals surface area (Å²) in [5.74, 6) is -0.387. The smallest absolute Gasteiger partial charge is 0.255 e. The van der Waals surface area contributed by atoms with Crippen LogP contribution in [0.15, 0.2) is 0 Å². The molecular weight excluding hydrogens is 234 g/mol. The molecule has 0 aromatic rings. The number of rotatable bonds is 6. The fraction of sp³-hybridized carbons (Fsp3) is 0.900. The van der Waals surface area contributed by atoms with Crippen LogP contribution in [0.2, 0.25) is 0 Å². The molecule has 1 aliphatic rings. The number of alkyl halides is 2. The second-order valence-corrected chi connectivity index (χ2v) is 3.88. The molecule has 1 unspecified atom stereocenters. The van der Waals surface area contributed by atoms with Crippen LogP contribution in [-0.2, 0) is 9.53 Å². The van der Waals surface area contributed by atoms with Crippen LogP contribution < -0.4 is 5.32 Å². The number of hydrogen-bond acceptors (Lipinski definition) is 4. The van der Waals surface area contributed by atoms with Gasteiger partial charge in [0.25, 0.3) is 6.43 Å². The van der Waals surface area contributed by atoms with Gasteiger partial charge in [0.05, 0.1) is 26.4 Å². The monoisotopic (exact) mass is 252 g/mol. The number of amides is 1. The molecule has 2 N–H and O–H groups in total. The zero-order valence-corrected chi connectivity index (χ0v) is 9.57. The van der Waals surface area contributed by atoms with Crippen LogP contribution in [0.5, 0.6) is 0 Å². The Morgan fingerprint density at radius 3 is 2.88 bits per heavy atom. The predicted molar refractivity (Wildman–Crippen MR) is 56.9 cm³/mol. The Balaban J connectivity index is 2.39. The Kier molecular flexibility index (Phi) is 6.31. The molecule has 0 aromatic carbocycles. The molecule has 17 heavy (non-hydrogen) atoms. The van der Waals surface area contributed by atoms with Gasteiger partial charge in [-0.25, -0.2) is 8.78 Å². The van der Waals surface area contributed by atoms with Crippen molar-refractivity contribution in [2.24, 2.45) is 0 Å². The first-order chi connectivity index (χ1) is 8.13. The summed E-state index contributed by atoms with van der Waals surface area (Å²) in [5.41, 5.74) is 0. The molecule has 1 rings (SSSR count). The highest BCUT2D eigenvalue weighted by Crippen LogP contribution is 2.05. The first-order valence-electron chi connectivity index (χ1n) is 5.61. The largest absolute Gasteiger partial charge is 0.395 e. The first kappa shape index (κ1) is 14.3. The van der Waals surface area contributed by atoms with Crippen molar-refractivity contribution in [1.82, 2.24) is 10.2 Å². The molecule has 1 heterocycles. The van der Waals surface area contributed by atoms with Crippen LogP contribution in [0, 0.1) is 0 Å². The lowest BCUT2D eigenvalue weighted by Gasteiger charge is -2.27. The van der Waals surface area contributed by atoms with E-state index in [9.17, 15) is 13.6 Å². The third kappa shape index (κ3) is 5.38. The molecule has 100 valence electrons. The van der Waals surface area contributed by atoms with Gasteiger partial charge in [0.2, 0.25) is 5.91 Å². The van der Waals surface area contributed by atoms with Crippen LogP contribution in [0.1, 0.15) is 6.42 Å². The molecule has 1 amide bonds. The summed E-state index contributed by atoms with van der Waals surface area (Å²) >= 11 is 0. The maximum atomic E-state index is 12.2. The summed E-state index contributed by atoms with van der Waals surface area (Å²) in [4.78, 5) is 12.7. The lowest BCUT2D eigenvalue weighted by atomic mass is 10.2. The molecule has 7 heteroatoms. The minimum Gasteiger partial charge on any atom is -0.395 e. The first-order valence-corrected chi connectivity index (χ1v) is 5.61. The van der Waals surface area contributed by atoms with Gasteiger partial charge in [-0.2, -0.15) is 0 Å². The second-order valence-electron chi connectivity index (χ2n) is 3.88. The van der Waals surface area contributed by atoms with Gasteiger partial charge in [0, 0.05) is 25.6 Å². The van der Waals surface area contributed by atoms with E-state index in [1.165, 1.54) is 0 Å². The summed E-state index contributed by atoms with van der Waals surface area (Å²) in [7, 11) is 0. The number of nitrogens with one attached hydrogen (secondary N) is 1. The van der Waals surface area contributed by atoms with Gasteiger partial charge in [-0.1, -0.05) is 0 Å². The van der Waals surface area contributed by atoms with Crippen molar-refractivity contribution in [2.75, 3.05) is 39.5 Å². The highest BCUT2D eigenvalue weighted by Gasteiger charge is 2.22. The van der Waals surface area contributed by atoms with Gasteiger partial charge < -0.3 is 20.1 Å². The van der Waals surface area contributed by atoms with Crippen LogP contribution in [0.25, 0.3) is 0 Å². The third-order valence-electron chi connectivity index (χ3n) is 2.50. The summed E-state index contributed by atoms with van der Waals surface area (Å²) in [6, 6.07) is -0.130. The molecule has 5 nitrogen and oxygen atoms in total. The third-order valence-corrected chi connectivity index (χ3v) is 2.50. The van der Waals surface area contributed by atoms with Gasteiger partial charge in [-0.15, -0.1) is 0 Å². The lowest BCUT2D eigenvalue weighted by molar-refractivity contribution is -0.135. The summed E-state index contributed by atoms with van der Waals surface area (Å²) in [6.07, 6.45) is -2.46. The molecule has 0 saturated carbocycles. The topological polar surface area (TPSA) is 61.8 Å². The van der Waals surface area contributed by atoms with E-state index in [1.807, 2.05) is 0 Å². The molecule has 0 aromatic heterocycles. The molecule has 1 saturated heterocycles. The molecular formula is C10H18F2N2O3. The summed E-state index contributed by atoms with van der Waals surface area (Å²) < 4.78 is 29.6. The maximum Gasteiger partial charge on any atom is 0.255 e. The van der Waals surface area contributed by atoms with Crippen molar-refractivity contribution in [2.45, 2.75) is 18.9 Å². The van der Waals surface area contributed by atoms with Crippen LogP contribution in [0.3, 0.4) is 0 Å². The molecule has 0 spiro atoms. The van der Waals surface area contributed by atoms with E-state index in [4.69, 9.17) is 9.84 Å². The lowest BCUT2D eigenvalue weighted by Crippen LogP contribution is -2.46. The predicted octanol–water partition coefficient (Wildman–Crippen LogP) is -0.549. The Morgan fingerprint density at radius 1 is 1.59 bits per heavy atom. The van der Waals surface area contributed by atoms with Crippen molar-refractivity contribution >= 4 is 5.91 Å². The number of carbonyl (C=O) groups is 1. The minimum absolute atomic E-state index is 0.0588. The fourth-order valence-corrected chi connectivity index (χ4v) is 1.70. The van der Waals surface area contributed by atoms with E-state index in [0.717, 1.165) is 4.90 Å². The molecule has 1 atom stereocenters. The average molecular weight is 252 g/mol. The van der Waals surface area contributed by atoms with Gasteiger partial charge in [0.15, 0.2) is 0 Å². The zero-order valence-electron chi connectivity index (χ0n) is 9.57. The number of aliphatic hydroxyl groups excluding tert-OH is 1. The standard InChI is InChI=1S/C10H18F2N2O3/c11-9(12)6-14(2-3-15)10(16)5-8-7-17-4-1-13-8/h8-9,13,15H,1-7H2. The van der Waals surface area contributed by atoms with Crippen molar-refractivity contribution in [3.05, 3.63) is 0 Å². The van der Waals surface area contributed by atoms with Crippen molar-refractivity contribution in [1.29, 1.82) is 0 Å². The fourth-order valence-electron chi connectivity index (χ4n) is 1.70. The van der Waals surface area contributed by atoms with Gasteiger partial charge >= 0.3 is 0 Å². The highest BCUT2D eigenvalue weighted by molar-refractivity contribution is 5.76. The normalized spacial score (nSPS) is 20.6. The van der Waals surface area contributed by atoms with E-state index >= 15 is 0 Å². The van der Waals surface area contributed by atoms with Crippen molar-refractivity contribution < 1.29 is 23.4 Å². The molecule has 0 aliphatic carbocycles. The highest BCUT2D eigenvalue weighted by atomic mass is 19.3. The second kappa shape index (κ2) is 7.52. The van der Waals surface area contributed by atoms with E-state index in [1.54, 1.807) is 0 Å². The number of halogens is 2. The van der Waals surface area contributed by atoms with E-state index in [0.29, 0.717) is 19.8 Å². The number of morpholine rings is 1. The minimum atomic E-state index is -2.58. The maximum absolute atomic E-state index is 12.2. The van der Waals surface area contributed by atoms with Gasteiger partial charge in [-0.05, 0) is 0 Å². The van der Waals surface area contributed by atoms with E-state index in [2.05, 4.69) is 5.32 Å². The van der Waals surface area contributed by atoms with E-state index < -0.39 is 13.0 Å². The van der Waals surface area contributed by atoms with Crippen LogP contribution >= 0.6 is 0 Å². The average Bonchev–Trinajstić information content (AvgIpc) is 2.29. The molecule has 0 bridgehead atoms. The SMILES string of the molecule is O=C(CC1COCCN1)N(CCO)CC(F)F. The van der Waals surface area contributed by atoms with E-state index in [-0.39, 0.29) is 31.5 Å². The quantitative estimate of drug-likeness (QED) is 0.666. The summed E-state index contributed by atoms with van der Waals surface area (Å²) in [6.45, 7) is 0.666. The Hall–Kier alpha value is -0.790. The van der Waals surface area contributed by atoms with Crippen LogP contribution in [0.4, 0.5) is 8.78 Å². The molecule has 1 fully saturated rings. The van der Waals surface area contributed by atoms with Gasteiger partial charge in [0.1, 0.15) is 0 Å². The number of aliphatic hydroxyl groups is 1. The van der Waals surface area contributed by atoms with Gasteiger partial charge in [-0.3, -0.25) is 4.79 Å². The molecule has 0 radical (unpaired) electrons. The Bertz CT molecular complexity index is 236. The number of ether oxygens (including phenoxy) is 1. The molecule has 1 aliphatic heterocycles. The van der Waals surface area contributed by atoms with Crippen LogP contribution in [-0.4, -0.2) is 67.8 Å². The van der Waals surface area contributed by atoms with Crippen molar-refractivity contribution in [3.8, 4) is 0 Å².